The van der Waals surface area contributed by atoms with E-state index in [-0.39, 0.29) is 25.4 Å². The van der Waals surface area contributed by atoms with Crippen molar-refractivity contribution < 1.29 is 23.9 Å². The Morgan fingerprint density at radius 3 is 2.12 bits per heavy atom. The molecular weight excluding hydrogens is 532 g/mol. The van der Waals surface area contributed by atoms with Crippen LogP contribution in [0.15, 0.2) is 78.9 Å². The maximum Gasteiger partial charge on any atom is 0.407 e. The van der Waals surface area contributed by atoms with Crippen molar-refractivity contribution in [1.29, 1.82) is 5.26 Å². The van der Waals surface area contributed by atoms with E-state index in [9.17, 15) is 14.4 Å². The van der Waals surface area contributed by atoms with Gasteiger partial charge in [0, 0.05) is 19.5 Å². The molecule has 0 aliphatic carbocycles. The summed E-state index contributed by atoms with van der Waals surface area (Å²) in [5.41, 5.74) is 2.17. The molecule has 0 heterocycles. The van der Waals surface area contributed by atoms with Crippen LogP contribution in [0.2, 0.25) is 0 Å². The highest BCUT2D eigenvalue weighted by atomic mass is 16.6. The van der Waals surface area contributed by atoms with Crippen molar-refractivity contribution in [3.05, 3.63) is 101 Å². The first-order chi connectivity index (χ1) is 20.1. The van der Waals surface area contributed by atoms with Gasteiger partial charge in [-0.2, -0.15) is 5.26 Å². The number of carbonyl (C=O) groups excluding carboxylic acids is 3. The van der Waals surface area contributed by atoms with Crippen molar-refractivity contribution in [2.45, 2.75) is 58.2 Å². The first kappa shape index (κ1) is 31.7. The molecule has 9 heteroatoms. The van der Waals surface area contributed by atoms with Crippen molar-refractivity contribution in [2.24, 2.45) is 0 Å². The summed E-state index contributed by atoms with van der Waals surface area (Å²) in [6.45, 7) is 7.85. The summed E-state index contributed by atoms with van der Waals surface area (Å²) in [6.07, 6.45) is -0.381. The second-order valence-corrected chi connectivity index (χ2v) is 10.7. The van der Waals surface area contributed by atoms with Crippen LogP contribution in [0.1, 0.15) is 55.9 Å². The summed E-state index contributed by atoms with van der Waals surface area (Å²) in [5.74, 6) is -0.936. The average Bonchev–Trinajstić information content (AvgIpc) is 2.96. The van der Waals surface area contributed by atoms with Gasteiger partial charge in [-0.05, 0) is 68.7 Å². The molecule has 220 valence electrons. The second kappa shape index (κ2) is 15.2. The average molecular weight is 571 g/mol. The number of rotatable bonds is 12. The number of hydrogen-bond donors (Lipinski definition) is 3. The van der Waals surface area contributed by atoms with Gasteiger partial charge < -0.3 is 25.4 Å². The predicted molar refractivity (Wildman–Crippen MR) is 160 cm³/mol. The fourth-order valence-corrected chi connectivity index (χ4v) is 4.17. The van der Waals surface area contributed by atoms with Crippen molar-refractivity contribution in [2.75, 3.05) is 13.2 Å². The molecule has 0 unspecified atom stereocenters. The Morgan fingerprint density at radius 1 is 0.857 bits per heavy atom. The van der Waals surface area contributed by atoms with E-state index in [0.717, 1.165) is 11.1 Å². The van der Waals surface area contributed by atoms with E-state index >= 15 is 0 Å². The van der Waals surface area contributed by atoms with E-state index in [0.29, 0.717) is 23.5 Å². The highest BCUT2D eigenvalue weighted by molar-refractivity contribution is 5.91. The van der Waals surface area contributed by atoms with Gasteiger partial charge >= 0.3 is 6.09 Å². The molecule has 3 aromatic rings. The van der Waals surface area contributed by atoms with Crippen LogP contribution in [0, 0.1) is 11.3 Å². The van der Waals surface area contributed by atoms with E-state index in [2.05, 4.69) is 22.0 Å². The van der Waals surface area contributed by atoms with Crippen LogP contribution in [-0.2, 0) is 27.3 Å². The number of benzene rings is 3. The van der Waals surface area contributed by atoms with E-state index in [4.69, 9.17) is 14.7 Å². The molecule has 42 heavy (non-hydrogen) atoms. The predicted octanol–water partition coefficient (Wildman–Crippen LogP) is 4.61. The molecule has 0 saturated heterocycles. The summed E-state index contributed by atoms with van der Waals surface area (Å²) in [4.78, 5) is 39.6. The molecular formula is C33H38N4O5. The monoisotopic (exact) mass is 570 g/mol. The lowest BCUT2D eigenvalue weighted by Gasteiger charge is -2.24. The van der Waals surface area contributed by atoms with Gasteiger partial charge in [0.25, 0.3) is 0 Å². The smallest absolute Gasteiger partial charge is 0.407 e. The molecule has 9 nitrogen and oxygen atoms in total. The van der Waals surface area contributed by atoms with Crippen molar-refractivity contribution in [3.8, 4) is 11.8 Å². The lowest BCUT2D eigenvalue weighted by molar-refractivity contribution is -0.129. The van der Waals surface area contributed by atoms with Crippen LogP contribution < -0.4 is 20.7 Å². The maximum absolute atomic E-state index is 13.8. The molecule has 3 amide bonds. The minimum atomic E-state index is -0.884. The maximum atomic E-state index is 13.8. The molecule has 3 rings (SSSR count). The Morgan fingerprint density at radius 2 is 1.52 bits per heavy atom. The SMILES string of the molecule is CCOc1ccc([C@@H](CNC(=O)OC(C)(C)C)C(=O)N[C@@H](Cc2ccccc2)C(=O)NCc2ccc(C#N)cc2)cc1. The van der Waals surface area contributed by atoms with Crippen LogP contribution in [-0.4, -0.2) is 42.7 Å². The number of nitrogens with one attached hydrogen (secondary N) is 3. The Hall–Kier alpha value is -4.84. The zero-order valence-corrected chi connectivity index (χ0v) is 24.5. The van der Waals surface area contributed by atoms with Crippen LogP contribution in [0.5, 0.6) is 5.75 Å². The largest absolute Gasteiger partial charge is 0.494 e. The molecule has 3 aromatic carbocycles. The van der Waals surface area contributed by atoms with Crippen LogP contribution in [0.4, 0.5) is 4.79 Å². The molecule has 3 N–H and O–H groups in total. The fourth-order valence-electron chi connectivity index (χ4n) is 4.17. The number of alkyl carbamates (subject to hydrolysis) is 1. The lowest BCUT2D eigenvalue weighted by Crippen LogP contribution is -2.50. The third-order valence-corrected chi connectivity index (χ3v) is 6.22. The number of nitriles is 1. The fraction of sp³-hybridized carbons (Fsp3) is 0.333. The van der Waals surface area contributed by atoms with Crippen LogP contribution in [0.3, 0.4) is 0 Å². The molecule has 2 atom stereocenters. The Labute approximate surface area is 247 Å². The molecule has 0 bridgehead atoms. The third kappa shape index (κ3) is 10.3. The summed E-state index contributed by atoms with van der Waals surface area (Å²) in [7, 11) is 0. The molecule has 0 fully saturated rings. The Balaban J connectivity index is 1.80. The lowest BCUT2D eigenvalue weighted by atomic mass is 9.96. The van der Waals surface area contributed by atoms with Gasteiger partial charge in [-0.3, -0.25) is 9.59 Å². The van der Waals surface area contributed by atoms with E-state index in [1.54, 1.807) is 69.3 Å². The molecule has 0 aromatic heterocycles. The quantitative estimate of drug-likeness (QED) is 0.292. The van der Waals surface area contributed by atoms with Gasteiger partial charge in [-0.15, -0.1) is 0 Å². The number of hydrogen-bond acceptors (Lipinski definition) is 6. The normalized spacial score (nSPS) is 12.3. The molecule has 0 aliphatic rings. The number of carbonyl (C=O) groups is 3. The molecule has 0 aliphatic heterocycles. The highest BCUT2D eigenvalue weighted by Gasteiger charge is 2.28. The number of ether oxygens (including phenoxy) is 2. The van der Waals surface area contributed by atoms with Gasteiger partial charge in [-0.25, -0.2) is 4.79 Å². The summed E-state index contributed by atoms with van der Waals surface area (Å²) in [5, 5.41) is 17.5. The van der Waals surface area contributed by atoms with Crippen molar-refractivity contribution >= 4 is 17.9 Å². The summed E-state index contributed by atoms with van der Waals surface area (Å²) in [6, 6.07) is 24.6. The molecule has 0 spiro atoms. The first-order valence-electron chi connectivity index (χ1n) is 13.9. The van der Waals surface area contributed by atoms with E-state index < -0.39 is 29.6 Å². The number of amides is 3. The third-order valence-electron chi connectivity index (χ3n) is 6.22. The first-order valence-corrected chi connectivity index (χ1v) is 13.9. The molecule has 0 saturated carbocycles. The van der Waals surface area contributed by atoms with Gasteiger partial charge in [0.05, 0.1) is 24.2 Å². The van der Waals surface area contributed by atoms with Crippen LogP contribution >= 0.6 is 0 Å². The zero-order valence-electron chi connectivity index (χ0n) is 24.5. The molecule has 0 radical (unpaired) electrons. The van der Waals surface area contributed by atoms with Crippen molar-refractivity contribution in [1.82, 2.24) is 16.0 Å². The highest BCUT2D eigenvalue weighted by Crippen LogP contribution is 2.21. The van der Waals surface area contributed by atoms with Gasteiger partial charge in [0.2, 0.25) is 11.8 Å². The van der Waals surface area contributed by atoms with Crippen molar-refractivity contribution in [3.63, 3.8) is 0 Å². The summed E-state index contributed by atoms with van der Waals surface area (Å²) >= 11 is 0. The van der Waals surface area contributed by atoms with Gasteiger partial charge in [0.15, 0.2) is 0 Å². The van der Waals surface area contributed by atoms with Gasteiger partial charge in [-0.1, -0.05) is 54.6 Å². The number of nitrogens with zero attached hydrogens (tertiary/aromatic N) is 1. The minimum Gasteiger partial charge on any atom is -0.494 e. The second-order valence-electron chi connectivity index (χ2n) is 10.7. The summed E-state index contributed by atoms with van der Waals surface area (Å²) < 4.78 is 10.9. The van der Waals surface area contributed by atoms with E-state index in [1.165, 1.54) is 0 Å². The minimum absolute atomic E-state index is 0.0420. The van der Waals surface area contributed by atoms with Crippen LogP contribution in [0.25, 0.3) is 0 Å². The standard InChI is InChI=1S/C33H38N4O5/c1-5-41-27-17-15-26(16-18-27)28(22-36-32(40)42-33(2,3)4)30(38)37-29(19-23-9-7-6-8-10-23)31(39)35-21-25-13-11-24(20-34)12-14-25/h6-18,28-29H,5,19,21-22H2,1-4H3,(H,35,39)(H,36,40)(H,37,38)/t28-,29+/m1/s1. The zero-order chi connectivity index (χ0) is 30.5. The van der Waals surface area contributed by atoms with Gasteiger partial charge in [0.1, 0.15) is 17.4 Å². The Bertz CT molecular complexity index is 1360. The van der Waals surface area contributed by atoms with E-state index in [1.807, 2.05) is 37.3 Å². The Kier molecular flexibility index (Phi) is 11.5. The topological polar surface area (TPSA) is 130 Å².